The van der Waals surface area contributed by atoms with Crippen molar-refractivity contribution in [1.29, 1.82) is 0 Å². The van der Waals surface area contributed by atoms with Gasteiger partial charge < -0.3 is 9.47 Å². The van der Waals surface area contributed by atoms with Gasteiger partial charge in [0.2, 0.25) is 0 Å². The summed E-state index contributed by atoms with van der Waals surface area (Å²) >= 11 is 0. The number of fused-ring (bicyclic) bond motifs is 3. The number of para-hydroxylation sites is 3. The monoisotopic (exact) mass is 638 g/mol. The average Bonchev–Trinajstić information content (AvgIpc) is 3.54. The standard InChI is InChI=1S/C48H34N2/c1-5-18-35(19-6-1)38-32-39(36-20-7-2-8-21-36)34-41(33-38)50(44-28-15-13-26-42(44)37-22-9-3-10-23-37)47-31-17-30-46-48(47)43-27-14-16-29-45(43)49(46)40-24-11-4-12-25-40/h1-34H. The Morgan fingerprint density at radius 2 is 0.840 bits per heavy atom. The number of anilines is 3. The van der Waals surface area contributed by atoms with Crippen LogP contribution in [0.4, 0.5) is 17.1 Å². The Labute approximate surface area is 292 Å². The molecule has 0 aliphatic rings. The smallest absolute Gasteiger partial charge is 0.0562 e. The Morgan fingerprint density at radius 3 is 1.50 bits per heavy atom. The maximum Gasteiger partial charge on any atom is 0.0562 e. The minimum Gasteiger partial charge on any atom is -0.309 e. The molecule has 0 unspecified atom stereocenters. The van der Waals surface area contributed by atoms with E-state index >= 15 is 0 Å². The molecular formula is C48H34N2. The summed E-state index contributed by atoms with van der Waals surface area (Å²) < 4.78 is 2.39. The first kappa shape index (κ1) is 29.5. The van der Waals surface area contributed by atoms with Crippen LogP contribution in [0, 0.1) is 0 Å². The fraction of sp³-hybridized carbons (Fsp3) is 0. The van der Waals surface area contributed by atoms with Crippen molar-refractivity contribution in [3.8, 4) is 39.1 Å². The van der Waals surface area contributed by atoms with Crippen LogP contribution in [0.25, 0.3) is 60.9 Å². The van der Waals surface area contributed by atoms with Crippen molar-refractivity contribution in [3.05, 3.63) is 206 Å². The number of aromatic nitrogens is 1. The number of hydrogen-bond donors (Lipinski definition) is 0. The number of benzene rings is 8. The van der Waals surface area contributed by atoms with Gasteiger partial charge in [0.1, 0.15) is 0 Å². The van der Waals surface area contributed by atoms with Gasteiger partial charge in [0.25, 0.3) is 0 Å². The highest BCUT2D eigenvalue weighted by atomic mass is 15.2. The lowest BCUT2D eigenvalue weighted by molar-refractivity contribution is 1.18. The number of nitrogens with zero attached hydrogens (tertiary/aromatic N) is 2. The molecule has 2 heteroatoms. The largest absolute Gasteiger partial charge is 0.309 e. The first-order chi connectivity index (χ1) is 24.8. The minimum atomic E-state index is 1.10. The van der Waals surface area contributed by atoms with Crippen molar-refractivity contribution in [1.82, 2.24) is 4.57 Å². The van der Waals surface area contributed by atoms with Crippen LogP contribution in [0.3, 0.4) is 0 Å². The third-order valence-corrected chi connectivity index (χ3v) is 9.55. The summed E-state index contributed by atoms with van der Waals surface area (Å²) in [6.07, 6.45) is 0. The zero-order valence-corrected chi connectivity index (χ0v) is 27.5. The van der Waals surface area contributed by atoms with E-state index < -0.39 is 0 Å². The predicted molar refractivity (Wildman–Crippen MR) is 212 cm³/mol. The second-order valence-corrected chi connectivity index (χ2v) is 12.6. The van der Waals surface area contributed by atoms with Gasteiger partial charge in [-0.05, 0) is 82.4 Å². The van der Waals surface area contributed by atoms with Crippen LogP contribution in [0.1, 0.15) is 0 Å². The lowest BCUT2D eigenvalue weighted by atomic mass is 9.96. The van der Waals surface area contributed by atoms with Crippen LogP contribution < -0.4 is 4.90 Å². The topological polar surface area (TPSA) is 8.17 Å². The van der Waals surface area contributed by atoms with Crippen molar-refractivity contribution < 1.29 is 0 Å². The highest BCUT2D eigenvalue weighted by Gasteiger charge is 2.24. The summed E-state index contributed by atoms with van der Waals surface area (Å²) in [5, 5.41) is 2.42. The summed E-state index contributed by atoms with van der Waals surface area (Å²) in [7, 11) is 0. The van der Waals surface area contributed by atoms with Crippen LogP contribution in [0.2, 0.25) is 0 Å². The fourth-order valence-electron chi connectivity index (χ4n) is 7.32. The molecule has 1 aromatic heterocycles. The molecule has 9 aromatic rings. The fourth-order valence-corrected chi connectivity index (χ4v) is 7.32. The third-order valence-electron chi connectivity index (χ3n) is 9.55. The summed E-state index contributed by atoms with van der Waals surface area (Å²) in [6, 6.07) is 74.2. The maximum absolute atomic E-state index is 2.48. The Balaban J connectivity index is 1.40. The van der Waals surface area contributed by atoms with Crippen LogP contribution in [-0.4, -0.2) is 4.57 Å². The summed E-state index contributed by atoms with van der Waals surface area (Å²) in [6.45, 7) is 0. The van der Waals surface area contributed by atoms with Gasteiger partial charge in [-0.3, -0.25) is 0 Å². The molecule has 0 fully saturated rings. The second-order valence-electron chi connectivity index (χ2n) is 12.6. The molecule has 236 valence electrons. The molecule has 2 nitrogen and oxygen atoms in total. The first-order valence-electron chi connectivity index (χ1n) is 17.1. The van der Waals surface area contributed by atoms with E-state index in [0.29, 0.717) is 0 Å². The molecule has 9 rings (SSSR count). The van der Waals surface area contributed by atoms with Crippen LogP contribution >= 0.6 is 0 Å². The normalized spacial score (nSPS) is 11.2. The molecule has 0 N–H and O–H groups in total. The van der Waals surface area contributed by atoms with E-state index in [-0.39, 0.29) is 0 Å². The highest BCUT2D eigenvalue weighted by molar-refractivity contribution is 6.17. The Hall–Kier alpha value is -6.64. The molecule has 0 saturated carbocycles. The van der Waals surface area contributed by atoms with Crippen molar-refractivity contribution in [2.75, 3.05) is 4.90 Å². The summed E-state index contributed by atoms with van der Waals surface area (Å²) in [5.74, 6) is 0. The highest BCUT2D eigenvalue weighted by Crippen LogP contribution is 2.47. The first-order valence-corrected chi connectivity index (χ1v) is 17.1. The maximum atomic E-state index is 2.48. The van der Waals surface area contributed by atoms with E-state index in [2.05, 4.69) is 216 Å². The molecule has 0 radical (unpaired) electrons. The van der Waals surface area contributed by atoms with Gasteiger partial charge in [-0.15, -0.1) is 0 Å². The van der Waals surface area contributed by atoms with Gasteiger partial charge >= 0.3 is 0 Å². The Bertz CT molecular complexity index is 2510. The van der Waals surface area contributed by atoms with Gasteiger partial charge in [0.05, 0.1) is 22.4 Å². The van der Waals surface area contributed by atoms with E-state index in [1.165, 1.54) is 55.2 Å². The van der Waals surface area contributed by atoms with Gasteiger partial charge in [0, 0.05) is 27.7 Å². The van der Waals surface area contributed by atoms with Crippen molar-refractivity contribution in [3.63, 3.8) is 0 Å². The molecule has 0 amide bonds. The zero-order chi connectivity index (χ0) is 33.3. The number of hydrogen-bond acceptors (Lipinski definition) is 1. The predicted octanol–water partition coefficient (Wildman–Crippen LogP) is 13.3. The molecule has 50 heavy (non-hydrogen) atoms. The Kier molecular flexibility index (Phi) is 7.53. The van der Waals surface area contributed by atoms with E-state index in [0.717, 1.165) is 22.7 Å². The summed E-state index contributed by atoms with van der Waals surface area (Å²) in [5.41, 5.74) is 13.9. The molecule has 0 spiro atoms. The second kappa shape index (κ2) is 12.8. The van der Waals surface area contributed by atoms with Crippen LogP contribution in [0.5, 0.6) is 0 Å². The quantitative estimate of drug-likeness (QED) is 0.169. The molecule has 8 aromatic carbocycles. The molecule has 0 bridgehead atoms. The lowest BCUT2D eigenvalue weighted by Crippen LogP contribution is -2.12. The SMILES string of the molecule is c1ccc(-c2cc(-c3ccccc3)cc(N(c3ccccc3-c3ccccc3)c3cccc4c3c3ccccc3n4-c3ccccc3)c2)cc1. The van der Waals surface area contributed by atoms with Gasteiger partial charge in [-0.25, -0.2) is 0 Å². The molecule has 1 heterocycles. The van der Waals surface area contributed by atoms with Gasteiger partial charge in [-0.1, -0.05) is 152 Å². The lowest BCUT2D eigenvalue weighted by Gasteiger charge is -2.30. The van der Waals surface area contributed by atoms with Gasteiger partial charge in [-0.2, -0.15) is 0 Å². The molecule has 0 atom stereocenters. The van der Waals surface area contributed by atoms with Crippen LogP contribution in [-0.2, 0) is 0 Å². The minimum absolute atomic E-state index is 1.10. The molecule has 0 saturated heterocycles. The van der Waals surface area contributed by atoms with E-state index in [4.69, 9.17) is 0 Å². The van der Waals surface area contributed by atoms with E-state index in [1.807, 2.05) is 0 Å². The average molecular weight is 639 g/mol. The third kappa shape index (κ3) is 5.24. The van der Waals surface area contributed by atoms with E-state index in [1.54, 1.807) is 0 Å². The van der Waals surface area contributed by atoms with Crippen molar-refractivity contribution in [2.24, 2.45) is 0 Å². The summed E-state index contributed by atoms with van der Waals surface area (Å²) in [4.78, 5) is 2.48. The number of rotatable bonds is 7. The van der Waals surface area contributed by atoms with Crippen molar-refractivity contribution in [2.45, 2.75) is 0 Å². The van der Waals surface area contributed by atoms with Crippen molar-refractivity contribution >= 4 is 38.9 Å². The molecule has 0 aliphatic heterocycles. The Morgan fingerprint density at radius 1 is 0.340 bits per heavy atom. The van der Waals surface area contributed by atoms with E-state index in [9.17, 15) is 0 Å². The van der Waals surface area contributed by atoms with Gasteiger partial charge in [0.15, 0.2) is 0 Å². The molecular weight excluding hydrogens is 605 g/mol. The zero-order valence-electron chi connectivity index (χ0n) is 27.5. The molecule has 0 aliphatic carbocycles. The van der Waals surface area contributed by atoms with Crippen LogP contribution in [0.15, 0.2) is 206 Å².